The summed E-state index contributed by atoms with van der Waals surface area (Å²) in [7, 11) is -2.96. The number of unbranched alkanes of at least 4 members (excludes halogenated alkanes) is 1. The van der Waals surface area contributed by atoms with Crippen molar-refractivity contribution in [2.75, 3.05) is 6.61 Å². The molecule has 252 valence electrons. The van der Waals surface area contributed by atoms with Crippen LogP contribution in [-0.4, -0.2) is 54.5 Å². The third-order valence-corrected chi connectivity index (χ3v) is 14.3. The fourth-order valence-electron chi connectivity index (χ4n) is 6.65. The number of hydrogen-bond donors (Lipinski definition) is 3. The number of aliphatic carboxylic acids is 1. The van der Waals surface area contributed by atoms with Crippen molar-refractivity contribution in [2.24, 2.45) is 11.8 Å². The summed E-state index contributed by atoms with van der Waals surface area (Å²) in [6, 6.07) is 28.2. The largest absolute Gasteiger partial charge is 0.491 e. The van der Waals surface area contributed by atoms with Crippen LogP contribution in [0, 0.1) is 11.8 Å². The van der Waals surface area contributed by atoms with Gasteiger partial charge in [-0.3, -0.25) is 4.79 Å². The molecule has 0 heterocycles. The van der Waals surface area contributed by atoms with Gasteiger partial charge in [-0.15, -0.1) is 0 Å². The van der Waals surface area contributed by atoms with Crippen LogP contribution in [0.4, 0.5) is 0 Å². The molecule has 0 bridgehead atoms. The first kappa shape index (κ1) is 36.6. The van der Waals surface area contributed by atoms with E-state index in [1.54, 1.807) is 12.1 Å². The van der Waals surface area contributed by atoms with Gasteiger partial charge in [0.25, 0.3) is 8.32 Å². The molecule has 3 N–H and O–H groups in total. The van der Waals surface area contributed by atoms with E-state index in [1.807, 2.05) is 48.6 Å². The fourth-order valence-corrected chi connectivity index (χ4v) is 11.4. The highest BCUT2D eigenvalue weighted by molar-refractivity contribution is 6.99. The molecule has 0 amide bonds. The molecule has 6 nitrogen and oxygen atoms in total. The Kier molecular flexibility index (Phi) is 13.5. The zero-order chi connectivity index (χ0) is 33.9. The standard InChI is InChI=1S/C39H49ClO6Si/c1-39(2,3)47(32-17-8-6-9-18-32,33-19-10-7-11-20-33)46-31(28-45-30-16-14-15-29(40)27-30)23-24-35-34(36(41)25-26-37(35)42)21-12-4-5-13-22-38(43)44/h4,6-12,14-20,23-24,27,31,34-37,41-42H,5,13,21-22,25-26,28H2,1-3H3,(H,43,44)/b12-4-,24-23+/t31?,34-,35-,36+,37-/m1/s1. The minimum Gasteiger partial charge on any atom is -0.491 e. The lowest BCUT2D eigenvalue weighted by Gasteiger charge is -2.45. The molecular weight excluding hydrogens is 628 g/mol. The molecule has 0 aromatic heterocycles. The minimum atomic E-state index is -2.96. The Morgan fingerprint density at radius 1 is 0.936 bits per heavy atom. The van der Waals surface area contributed by atoms with Gasteiger partial charge in [0.1, 0.15) is 12.4 Å². The second-order valence-corrected chi connectivity index (χ2v) is 18.1. The van der Waals surface area contributed by atoms with Crippen LogP contribution in [0.2, 0.25) is 10.1 Å². The number of carboxylic acids is 1. The average molecular weight is 677 g/mol. The Bertz CT molecular complexity index is 1420. The van der Waals surface area contributed by atoms with Crippen molar-refractivity contribution in [3.63, 3.8) is 0 Å². The number of aliphatic hydroxyl groups is 2. The Balaban J connectivity index is 1.69. The fraction of sp³-hybridized carbons (Fsp3) is 0.410. The molecule has 3 aromatic rings. The quantitative estimate of drug-likeness (QED) is 0.0898. The van der Waals surface area contributed by atoms with Crippen molar-refractivity contribution in [1.29, 1.82) is 0 Å². The van der Waals surface area contributed by atoms with Crippen LogP contribution in [-0.2, 0) is 9.22 Å². The molecule has 0 spiro atoms. The molecule has 47 heavy (non-hydrogen) atoms. The van der Waals surface area contributed by atoms with Crippen molar-refractivity contribution >= 4 is 36.3 Å². The number of hydrogen-bond acceptors (Lipinski definition) is 5. The molecule has 1 fully saturated rings. The van der Waals surface area contributed by atoms with Crippen LogP contribution in [0.5, 0.6) is 5.75 Å². The van der Waals surface area contributed by atoms with E-state index in [1.165, 1.54) is 0 Å². The number of ether oxygens (including phenoxy) is 1. The molecule has 1 aliphatic rings. The highest BCUT2D eigenvalue weighted by Gasteiger charge is 2.51. The molecule has 8 heteroatoms. The van der Waals surface area contributed by atoms with Crippen LogP contribution in [0.3, 0.4) is 0 Å². The van der Waals surface area contributed by atoms with Gasteiger partial charge in [0, 0.05) is 17.4 Å². The summed E-state index contributed by atoms with van der Waals surface area (Å²) in [5, 5.41) is 33.8. The zero-order valence-electron chi connectivity index (χ0n) is 27.7. The Morgan fingerprint density at radius 2 is 1.57 bits per heavy atom. The first-order valence-electron chi connectivity index (χ1n) is 16.6. The van der Waals surface area contributed by atoms with E-state index in [9.17, 15) is 15.0 Å². The molecule has 5 atom stereocenters. The molecular formula is C39H49ClO6Si. The van der Waals surface area contributed by atoms with Crippen LogP contribution < -0.4 is 15.1 Å². The number of aliphatic hydroxyl groups excluding tert-OH is 2. The molecule has 3 aromatic carbocycles. The van der Waals surface area contributed by atoms with E-state index < -0.39 is 32.6 Å². The molecule has 0 radical (unpaired) electrons. The van der Waals surface area contributed by atoms with Gasteiger partial charge >= 0.3 is 5.97 Å². The summed E-state index contributed by atoms with van der Waals surface area (Å²) < 4.78 is 13.8. The highest BCUT2D eigenvalue weighted by atomic mass is 35.5. The normalized spacial score (nSPS) is 21.2. The SMILES string of the molecule is CC(C)(C)[Si](OC(/C=C/[C@@H]1[C@@H](C/C=C\CCCC(=O)O)[C@@H](O)CC[C@H]1O)COc1cccc(Cl)c1)(c1ccccc1)c1ccccc1. The Morgan fingerprint density at radius 3 is 2.17 bits per heavy atom. The number of halogens is 1. The maximum absolute atomic E-state index is 11.2. The first-order valence-corrected chi connectivity index (χ1v) is 18.9. The number of allylic oxidation sites excluding steroid dienone is 2. The summed E-state index contributed by atoms with van der Waals surface area (Å²) in [5.74, 6) is -0.642. The zero-order valence-corrected chi connectivity index (χ0v) is 29.4. The number of rotatable bonds is 15. The third kappa shape index (κ3) is 9.91. The summed E-state index contributed by atoms with van der Waals surface area (Å²) >= 11 is 6.28. The van der Waals surface area contributed by atoms with Crippen LogP contribution in [0.15, 0.2) is 109 Å². The lowest BCUT2D eigenvalue weighted by atomic mass is 9.73. The Labute approximate surface area is 285 Å². The van der Waals surface area contributed by atoms with Gasteiger partial charge in [-0.1, -0.05) is 123 Å². The van der Waals surface area contributed by atoms with Gasteiger partial charge in [0.2, 0.25) is 0 Å². The van der Waals surface area contributed by atoms with Gasteiger partial charge in [0.15, 0.2) is 0 Å². The maximum Gasteiger partial charge on any atom is 0.303 e. The van der Waals surface area contributed by atoms with Crippen LogP contribution in [0.1, 0.15) is 59.3 Å². The lowest BCUT2D eigenvalue weighted by Crippen LogP contribution is -2.68. The van der Waals surface area contributed by atoms with E-state index in [0.29, 0.717) is 42.9 Å². The Hall–Kier alpha value is -3.20. The van der Waals surface area contributed by atoms with Crippen molar-refractivity contribution in [2.45, 2.75) is 82.6 Å². The average Bonchev–Trinajstić information content (AvgIpc) is 3.04. The van der Waals surface area contributed by atoms with Crippen molar-refractivity contribution < 1.29 is 29.3 Å². The predicted octanol–water partition coefficient (Wildman–Crippen LogP) is 7.17. The summed E-state index contributed by atoms with van der Waals surface area (Å²) in [4.78, 5) is 10.9. The number of carboxylic acid groups (broad SMARTS) is 1. The molecule has 1 unspecified atom stereocenters. The molecule has 1 aliphatic carbocycles. The smallest absolute Gasteiger partial charge is 0.303 e. The first-order chi connectivity index (χ1) is 22.5. The minimum absolute atomic E-state index is 0.129. The summed E-state index contributed by atoms with van der Waals surface area (Å²) in [5.41, 5.74) is 0. The number of carbonyl (C=O) groups is 1. The van der Waals surface area contributed by atoms with Crippen LogP contribution >= 0.6 is 11.6 Å². The third-order valence-electron chi connectivity index (χ3n) is 9.03. The highest BCUT2D eigenvalue weighted by Crippen LogP contribution is 2.39. The molecule has 4 rings (SSSR count). The lowest BCUT2D eigenvalue weighted by molar-refractivity contribution is -0.137. The van der Waals surface area contributed by atoms with E-state index in [4.69, 9.17) is 25.9 Å². The van der Waals surface area contributed by atoms with E-state index >= 15 is 0 Å². The van der Waals surface area contributed by atoms with Gasteiger partial charge in [-0.25, -0.2) is 0 Å². The van der Waals surface area contributed by atoms with E-state index in [0.717, 1.165) is 10.4 Å². The van der Waals surface area contributed by atoms with Crippen molar-refractivity contribution in [3.8, 4) is 5.75 Å². The van der Waals surface area contributed by atoms with Gasteiger partial charge in [0.05, 0.1) is 18.3 Å². The topological polar surface area (TPSA) is 96.2 Å². The molecule has 0 saturated heterocycles. The van der Waals surface area contributed by atoms with E-state index in [-0.39, 0.29) is 29.9 Å². The predicted molar refractivity (Wildman–Crippen MR) is 192 cm³/mol. The molecule has 1 saturated carbocycles. The van der Waals surface area contributed by atoms with Crippen molar-refractivity contribution in [3.05, 3.63) is 114 Å². The number of benzene rings is 3. The van der Waals surface area contributed by atoms with E-state index in [2.05, 4.69) is 69.3 Å². The maximum atomic E-state index is 11.2. The second kappa shape index (κ2) is 17.3. The second-order valence-electron chi connectivity index (χ2n) is 13.4. The monoisotopic (exact) mass is 676 g/mol. The van der Waals surface area contributed by atoms with Gasteiger partial charge in [-0.2, -0.15) is 0 Å². The summed E-state index contributed by atoms with van der Waals surface area (Å²) in [6.45, 7) is 6.93. The van der Waals surface area contributed by atoms with Crippen LogP contribution in [0.25, 0.3) is 0 Å². The van der Waals surface area contributed by atoms with Gasteiger partial charge < -0.3 is 24.5 Å². The summed E-state index contributed by atoms with van der Waals surface area (Å²) in [6.07, 6.45) is 9.34. The molecule has 0 aliphatic heterocycles. The van der Waals surface area contributed by atoms with Gasteiger partial charge in [-0.05, 0) is 71.6 Å². The van der Waals surface area contributed by atoms with Crippen molar-refractivity contribution in [1.82, 2.24) is 0 Å².